The van der Waals surface area contributed by atoms with Crippen LogP contribution in [0.15, 0.2) is 18.2 Å². The molecule has 0 saturated carbocycles. The van der Waals surface area contributed by atoms with Crippen LogP contribution in [0.2, 0.25) is 0 Å². The Balaban J connectivity index is 1.77. The smallest absolute Gasteiger partial charge is 0.305 e. The van der Waals surface area contributed by atoms with Crippen molar-refractivity contribution in [2.24, 2.45) is 0 Å². The number of aryl methyl sites for hydroxylation is 2. The summed E-state index contributed by atoms with van der Waals surface area (Å²) in [7, 11) is 0. The van der Waals surface area contributed by atoms with Gasteiger partial charge in [-0.15, -0.1) is 0 Å². The molecule has 6 heteroatoms. The maximum atomic E-state index is 12.4. The topological polar surface area (TPSA) is 66.8 Å². The van der Waals surface area contributed by atoms with E-state index in [4.69, 9.17) is 9.84 Å². The first-order chi connectivity index (χ1) is 11.5. The molecule has 1 atom stereocenters. The molecule has 24 heavy (non-hydrogen) atoms. The highest BCUT2D eigenvalue weighted by molar-refractivity contribution is 7.99. The minimum absolute atomic E-state index is 0.0257. The Hall–Kier alpha value is -1.69. The first-order valence-electron chi connectivity index (χ1n) is 8.26. The molecular weight excluding hydrogens is 326 g/mol. The lowest BCUT2D eigenvalue weighted by molar-refractivity contribution is -0.140. The molecule has 1 unspecified atom stereocenters. The van der Waals surface area contributed by atoms with Gasteiger partial charge < -0.3 is 14.7 Å². The van der Waals surface area contributed by atoms with Crippen molar-refractivity contribution in [3.63, 3.8) is 0 Å². The second kappa shape index (κ2) is 8.97. The molecule has 2 rings (SSSR count). The fourth-order valence-corrected chi connectivity index (χ4v) is 3.78. The molecule has 1 heterocycles. The predicted octanol–water partition coefficient (Wildman–Crippen LogP) is 2.88. The lowest BCUT2D eigenvalue weighted by atomic mass is 10.1. The van der Waals surface area contributed by atoms with Crippen LogP contribution < -0.4 is 4.74 Å². The van der Waals surface area contributed by atoms with Gasteiger partial charge in [0, 0.05) is 24.5 Å². The van der Waals surface area contributed by atoms with Gasteiger partial charge in [0.25, 0.3) is 0 Å². The molecule has 1 aromatic rings. The number of hydrogen-bond donors (Lipinski definition) is 1. The summed E-state index contributed by atoms with van der Waals surface area (Å²) in [6, 6.07) is 5.78. The van der Waals surface area contributed by atoms with Gasteiger partial charge >= 0.3 is 5.97 Å². The molecule has 132 valence electrons. The highest BCUT2D eigenvalue weighted by atomic mass is 32.2. The molecule has 1 N–H and O–H groups in total. The third kappa shape index (κ3) is 5.44. The molecule has 0 radical (unpaired) electrons. The lowest BCUT2D eigenvalue weighted by Gasteiger charge is -2.34. The predicted molar refractivity (Wildman–Crippen MR) is 95.7 cm³/mol. The second-order valence-electron chi connectivity index (χ2n) is 6.11. The molecule has 0 aromatic heterocycles. The Morgan fingerprint density at radius 3 is 2.83 bits per heavy atom. The van der Waals surface area contributed by atoms with E-state index in [1.165, 1.54) is 11.1 Å². The van der Waals surface area contributed by atoms with Gasteiger partial charge in [-0.2, -0.15) is 11.8 Å². The van der Waals surface area contributed by atoms with E-state index in [2.05, 4.69) is 6.92 Å². The number of amides is 1. The average molecular weight is 351 g/mol. The van der Waals surface area contributed by atoms with E-state index < -0.39 is 5.97 Å². The van der Waals surface area contributed by atoms with Gasteiger partial charge in [0.2, 0.25) is 5.91 Å². The molecule has 0 bridgehead atoms. The van der Waals surface area contributed by atoms with Gasteiger partial charge in [-0.3, -0.25) is 9.59 Å². The molecule has 1 aliphatic rings. The summed E-state index contributed by atoms with van der Waals surface area (Å²) < 4.78 is 5.70. The van der Waals surface area contributed by atoms with Gasteiger partial charge in [-0.05, 0) is 43.5 Å². The normalized spacial score (nSPS) is 17.6. The van der Waals surface area contributed by atoms with Gasteiger partial charge in [-0.1, -0.05) is 6.07 Å². The van der Waals surface area contributed by atoms with Crippen molar-refractivity contribution in [2.75, 3.05) is 24.7 Å². The van der Waals surface area contributed by atoms with Crippen LogP contribution in [0.25, 0.3) is 0 Å². The minimum atomic E-state index is -0.849. The number of carbonyl (C=O) groups is 2. The quantitative estimate of drug-likeness (QED) is 0.765. The standard InChI is InChI=1S/C18H25NO4S/c1-13-5-6-16(10-14(13)2)23-8-3-4-17(20)19-7-9-24-12-15(19)11-18(21)22/h5-6,10,15H,3-4,7-9,11-12H2,1-2H3,(H,21,22). The number of hydrogen-bond acceptors (Lipinski definition) is 4. The third-order valence-electron chi connectivity index (χ3n) is 4.24. The van der Waals surface area contributed by atoms with Crippen LogP contribution in [-0.2, 0) is 9.59 Å². The average Bonchev–Trinajstić information content (AvgIpc) is 2.54. The van der Waals surface area contributed by atoms with Gasteiger partial charge in [-0.25, -0.2) is 0 Å². The Morgan fingerprint density at radius 1 is 1.33 bits per heavy atom. The van der Waals surface area contributed by atoms with Gasteiger partial charge in [0.05, 0.1) is 19.1 Å². The minimum Gasteiger partial charge on any atom is -0.494 e. The van der Waals surface area contributed by atoms with E-state index in [0.29, 0.717) is 31.7 Å². The Kier molecular flexibility index (Phi) is 6.97. The van der Waals surface area contributed by atoms with E-state index in [-0.39, 0.29) is 18.4 Å². The first kappa shape index (κ1) is 18.6. The highest BCUT2D eigenvalue weighted by Crippen LogP contribution is 2.21. The van der Waals surface area contributed by atoms with E-state index in [0.717, 1.165) is 11.5 Å². The molecule has 1 saturated heterocycles. The van der Waals surface area contributed by atoms with Crippen molar-refractivity contribution < 1.29 is 19.4 Å². The molecule has 0 aliphatic carbocycles. The molecule has 5 nitrogen and oxygen atoms in total. The highest BCUT2D eigenvalue weighted by Gasteiger charge is 2.28. The van der Waals surface area contributed by atoms with E-state index in [1.807, 2.05) is 25.1 Å². The summed E-state index contributed by atoms with van der Waals surface area (Å²) >= 11 is 1.71. The number of carbonyl (C=O) groups excluding carboxylic acids is 1. The molecule has 1 amide bonds. The zero-order valence-electron chi connectivity index (χ0n) is 14.3. The Morgan fingerprint density at radius 2 is 2.12 bits per heavy atom. The lowest BCUT2D eigenvalue weighted by Crippen LogP contribution is -2.47. The Labute approximate surface area is 147 Å². The summed E-state index contributed by atoms with van der Waals surface area (Å²) in [6.07, 6.45) is 1.05. The van der Waals surface area contributed by atoms with Crippen molar-refractivity contribution in [1.29, 1.82) is 0 Å². The second-order valence-corrected chi connectivity index (χ2v) is 7.26. The summed E-state index contributed by atoms with van der Waals surface area (Å²) in [5.41, 5.74) is 2.41. The number of carboxylic acid groups (broad SMARTS) is 1. The van der Waals surface area contributed by atoms with Crippen molar-refractivity contribution in [3.8, 4) is 5.75 Å². The third-order valence-corrected chi connectivity index (χ3v) is 5.33. The summed E-state index contributed by atoms with van der Waals surface area (Å²) in [5, 5.41) is 8.98. The maximum absolute atomic E-state index is 12.4. The largest absolute Gasteiger partial charge is 0.494 e. The van der Waals surface area contributed by atoms with Crippen molar-refractivity contribution >= 4 is 23.6 Å². The van der Waals surface area contributed by atoms with E-state index >= 15 is 0 Å². The van der Waals surface area contributed by atoms with Gasteiger partial charge in [0.1, 0.15) is 5.75 Å². The number of benzene rings is 1. The number of thioether (sulfide) groups is 1. The molecule has 1 aliphatic heterocycles. The monoisotopic (exact) mass is 351 g/mol. The van der Waals surface area contributed by atoms with Crippen LogP contribution in [-0.4, -0.2) is 52.6 Å². The SMILES string of the molecule is Cc1ccc(OCCCC(=O)N2CCSCC2CC(=O)O)cc1C. The van der Waals surface area contributed by atoms with Gasteiger partial charge in [0.15, 0.2) is 0 Å². The Bertz CT molecular complexity index is 590. The number of aliphatic carboxylic acids is 1. The first-order valence-corrected chi connectivity index (χ1v) is 9.42. The van der Waals surface area contributed by atoms with Crippen LogP contribution in [0.1, 0.15) is 30.4 Å². The zero-order chi connectivity index (χ0) is 17.5. The number of nitrogens with zero attached hydrogens (tertiary/aromatic N) is 1. The molecule has 1 fully saturated rings. The summed E-state index contributed by atoms with van der Waals surface area (Å²) in [4.78, 5) is 25.0. The van der Waals surface area contributed by atoms with E-state index in [1.54, 1.807) is 16.7 Å². The number of ether oxygens (including phenoxy) is 1. The van der Waals surface area contributed by atoms with E-state index in [9.17, 15) is 9.59 Å². The molecule has 0 spiro atoms. The number of carboxylic acids is 1. The fourth-order valence-electron chi connectivity index (χ4n) is 2.71. The molecular formula is C18H25NO4S. The van der Waals surface area contributed by atoms with Crippen LogP contribution in [0, 0.1) is 13.8 Å². The fraction of sp³-hybridized carbons (Fsp3) is 0.556. The van der Waals surface area contributed by atoms with Crippen molar-refractivity contribution in [2.45, 2.75) is 39.2 Å². The van der Waals surface area contributed by atoms with Crippen molar-refractivity contribution in [3.05, 3.63) is 29.3 Å². The maximum Gasteiger partial charge on any atom is 0.305 e. The number of rotatable bonds is 7. The van der Waals surface area contributed by atoms with Crippen molar-refractivity contribution in [1.82, 2.24) is 4.90 Å². The summed E-state index contributed by atoms with van der Waals surface area (Å²) in [5.74, 6) is 1.59. The summed E-state index contributed by atoms with van der Waals surface area (Å²) in [6.45, 7) is 5.23. The van der Waals surface area contributed by atoms with Crippen LogP contribution >= 0.6 is 11.8 Å². The van der Waals surface area contributed by atoms with Crippen LogP contribution in [0.4, 0.5) is 0 Å². The van der Waals surface area contributed by atoms with Crippen LogP contribution in [0.5, 0.6) is 5.75 Å². The molecule has 1 aromatic carbocycles. The van der Waals surface area contributed by atoms with Crippen LogP contribution in [0.3, 0.4) is 0 Å². The zero-order valence-corrected chi connectivity index (χ0v) is 15.1.